The average molecular weight is 225 g/mol. The van der Waals surface area contributed by atoms with E-state index in [0.29, 0.717) is 5.16 Å². The molecule has 82 valence electrons. The number of nitrogens with zero attached hydrogens (tertiary/aromatic N) is 2. The van der Waals surface area contributed by atoms with Gasteiger partial charge in [-0.3, -0.25) is 4.21 Å². The predicted molar refractivity (Wildman–Crippen MR) is 59.2 cm³/mol. The predicted octanol–water partition coefficient (Wildman–Crippen LogP) is 0.563. The maximum atomic E-state index is 12.1. The van der Waals surface area contributed by atoms with Gasteiger partial charge in [-0.25, -0.2) is 9.97 Å². The van der Waals surface area contributed by atoms with Gasteiger partial charge < -0.3 is 5.32 Å². The highest BCUT2D eigenvalue weighted by Gasteiger charge is 2.24. The van der Waals surface area contributed by atoms with E-state index in [1.165, 1.54) is 0 Å². The lowest BCUT2D eigenvalue weighted by Gasteiger charge is -2.07. The van der Waals surface area contributed by atoms with Crippen LogP contribution in [-0.4, -0.2) is 32.5 Å². The van der Waals surface area contributed by atoms with Gasteiger partial charge in [0.25, 0.3) is 0 Å². The lowest BCUT2D eigenvalue weighted by molar-refractivity contribution is 0.662. The normalized spacial score (nSPS) is 22.9. The van der Waals surface area contributed by atoms with Gasteiger partial charge in [-0.1, -0.05) is 0 Å². The van der Waals surface area contributed by atoms with E-state index in [9.17, 15) is 4.21 Å². The van der Waals surface area contributed by atoms with E-state index in [0.717, 1.165) is 30.9 Å². The Labute approximate surface area is 92.0 Å². The number of hydrogen-bond donors (Lipinski definition) is 1. The van der Waals surface area contributed by atoms with Crippen LogP contribution in [-0.2, 0) is 10.8 Å². The Morgan fingerprint density at radius 2 is 2.07 bits per heavy atom. The molecule has 1 aromatic rings. The zero-order chi connectivity index (χ0) is 10.8. The number of aryl methyl sites for hydroxylation is 2. The summed E-state index contributed by atoms with van der Waals surface area (Å²) in [4.78, 5) is 8.48. The summed E-state index contributed by atoms with van der Waals surface area (Å²) in [6.07, 6.45) is 0.947. The van der Waals surface area contributed by atoms with Gasteiger partial charge >= 0.3 is 0 Å². The zero-order valence-electron chi connectivity index (χ0n) is 8.99. The van der Waals surface area contributed by atoms with Crippen molar-refractivity contribution in [2.75, 3.05) is 13.1 Å². The van der Waals surface area contributed by atoms with E-state index in [2.05, 4.69) is 15.3 Å². The van der Waals surface area contributed by atoms with Crippen molar-refractivity contribution in [1.82, 2.24) is 15.3 Å². The number of hydrogen-bond acceptors (Lipinski definition) is 4. The van der Waals surface area contributed by atoms with Crippen LogP contribution in [0.5, 0.6) is 0 Å². The first-order valence-electron chi connectivity index (χ1n) is 5.10. The largest absolute Gasteiger partial charge is 0.315 e. The molecule has 1 N–H and O–H groups in total. The Kier molecular flexibility index (Phi) is 3.11. The van der Waals surface area contributed by atoms with Crippen molar-refractivity contribution in [2.45, 2.75) is 30.7 Å². The fraction of sp³-hybridized carbons (Fsp3) is 0.600. The van der Waals surface area contributed by atoms with Gasteiger partial charge in [0, 0.05) is 17.9 Å². The fourth-order valence-electron chi connectivity index (χ4n) is 1.74. The molecule has 0 aliphatic carbocycles. The molecule has 0 radical (unpaired) electrons. The van der Waals surface area contributed by atoms with Gasteiger partial charge in [-0.05, 0) is 32.9 Å². The third-order valence-corrected chi connectivity index (χ3v) is 4.01. The fourth-order valence-corrected chi connectivity index (χ4v) is 3.11. The molecular formula is C10H15N3OS. The summed E-state index contributed by atoms with van der Waals surface area (Å²) in [5.74, 6) is 0. The van der Waals surface area contributed by atoms with Gasteiger partial charge in [-0.15, -0.1) is 0 Å². The van der Waals surface area contributed by atoms with E-state index in [-0.39, 0.29) is 5.25 Å². The van der Waals surface area contributed by atoms with Gasteiger partial charge in [0.2, 0.25) is 5.16 Å². The number of rotatable bonds is 2. The lowest BCUT2D eigenvalue weighted by Crippen LogP contribution is -2.20. The summed E-state index contributed by atoms with van der Waals surface area (Å²) in [5.41, 5.74) is 1.77. The minimum Gasteiger partial charge on any atom is -0.315 e. The Bertz CT molecular complexity index is 368. The molecule has 2 heterocycles. The van der Waals surface area contributed by atoms with Crippen molar-refractivity contribution in [3.63, 3.8) is 0 Å². The SMILES string of the molecule is Cc1cc(C)nc([S@@](=O)[C@H]2CCNC2)n1. The highest BCUT2D eigenvalue weighted by molar-refractivity contribution is 7.85. The molecule has 0 aromatic carbocycles. The van der Waals surface area contributed by atoms with Crippen LogP contribution in [0.1, 0.15) is 17.8 Å². The second-order valence-electron chi connectivity index (χ2n) is 3.85. The van der Waals surface area contributed by atoms with Gasteiger partial charge in [-0.2, -0.15) is 0 Å². The molecule has 0 bridgehead atoms. The van der Waals surface area contributed by atoms with Gasteiger partial charge in [0.05, 0.1) is 16.0 Å². The summed E-state index contributed by atoms with van der Waals surface area (Å²) in [6.45, 7) is 5.56. The molecule has 0 unspecified atom stereocenters. The van der Waals surface area contributed by atoms with Crippen LogP contribution in [0.2, 0.25) is 0 Å². The maximum Gasteiger partial charge on any atom is 0.219 e. The molecule has 1 fully saturated rings. The molecule has 5 heteroatoms. The minimum absolute atomic E-state index is 0.172. The summed E-state index contributed by atoms with van der Waals surface area (Å²) in [6, 6.07) is 1.90. The van der Waals surface area contributed by atoms with Crippen LogP contribution in [0, 0.1) is 13.8 Å². The van der Waals surface area contributed by atoms with E-state index >= 15 is 0 Å². The van der Waals surface area contributed by atoms with Crippen LogP contribution >= 0.6 is 0 Å². The highest BCUT2D eigenvalue weighted by Crippen LogP contribution is 2.13. The summed E-state index contributed by atoms with van der Waals surface area (Å²) in [7, 11) is -1.06. The molecule has 2 rings (SSSR count). The quantitative estimate of drug-likeness (QED) is 0.747. The summed E-state index contributed by atoms with van der Waals surface area (Å²) < 4.78 is 12.1. The van der Waals surface area contributed by atoms with E-state index < -0.39 is 10.8 Å². The Balaban J connectivity index is 2.24. The molecule has 1 saturated heterocycles. The van der Waals surface area contributed by atoms with Crippen LogP contribution in [0.25, 0.3) is 0 Å². The monoisotopic (exact) mass is 225 g/mol. The second-order valence-corrected chi connectivity index (χ2v) is 5.47. The molecule has 1 aromatic heterocycles. The van der Waals surface area contributed by atoms with Crippen molar-refractivity contribution in [1.29, 1.82) is 0 Å². The van der Waals surface area contributed by atoms with E-state index in [1.54, 1.807) is 0 Å². The molecule has 0 spiro atoms. The Morgan fingerprint density at radius 3 is 2.60 bits per heavy atom. The van der Waals surface area contributed by atoms with E-state index in [4.69, 9.17) is 0 Å². The molecule has 1 aliphatic heterocycles. The van der Waals surface area contributed by atoms with E-state index in [1.807, 2.05) is 19.9 Å². The number of nitrogens with one attached hydrogen (secondary N) is 1. The first-order chi connectivity index (χ1) is 7.16. The van der Waals surface area contributed by atoms with Crippen molar-refractivity contribution < 1.29 is 4.21 Å². The third kappa shape index (κ3) is 2.41. The first-order valence-corrected chi connectivity index (χ1v) is 6.31. The second kappa shape index (κ2) is 4.37. The van der Waals surface area contributed by atoms with Crippen molar-refractivity contribution >= 4 is 10.8 Å². The zero-order valence-corrected chi connectivity index (χ0v) is 9.80. The van der Waals surface area contributed by atoms with Crippen LogP contribution in [0.4, 0.5) is 0 Å². The topological polar surface area (TPSA) is 54.9 Å². The Morgan fingerprint density at radius 1 is 1.40 bits per heavy atom. The van der Waals surface area contributed by atoms with Crippen LogP contribution < -0.4 is 5.32 Å². The minimum atomic E-state index is -1.06. The average Bonchev–Trinajstić information content (AvgIpc) is 2.67. The van der Waals surface area contributed by atoms with Crippen molar-refractivity contribution in [3.05, 3.63) is 17.5 Å². The molecular weight excluding hydrogens is 210 g/mol. The van der Waals surface area contributed by atoms with Crippen molar-refractivity contribution in [3.8, 4) is 0 Å². The molecule has 4 nitrogen and oxygen atoms in total. The van der Waals surface area contributed by atoms with Crippen LogP contribution in [0.15, 0.2) is 11.2 Å². The lowest BCUT2D eigenvalue weighted by atomic mass is 10.4. The molecule has 0 saturated carbocycles. The van der Waals surface area contributed by atoms with Gasteiger partial charge in [0.15, 0.2) is 0 Å². The third-order valence-electron chi connectivity index (χ3n) is 2.46. The first kappa shape index (κ1) is 10.7. The summed E-state index contributed by atoms with van der Waals surface area (Å²) >= 11 is 0. The molecule has 1 aliphatic rings. The molecule has 2 atom stereocenters. The smallest absolute Gasteiger partial charge is 0.219 e. The van der Waals surface area contributed by atoms with Gasteiger partial charge in [0.1, 0.15) is 0 Å². The maximum absolute atomic E-state index is 12.1. The van der Waals surface area contributed by atoms with Crippen molar-refractivity contribution in [2.24, 2.45) is 0 Å². The highest BCUT2D eigenvalue weighted by atomic mass is 32.2. The molecule has 15 heavy (non-hydrogen) atoms. The number of aromatic nitrogens is 2. The Hall–Kier alpha value is -0.810. The molecule has 0 amide bonds. The van der Waals surface area contributed by atoms with Crippen LogP contribution in [0.3, 0.4) is 0 Å². The standard InChI is InChI=1S/C10H15N3OS/c1-7-5-8(2)13-10(12-7)15(14)9-3-4-11-6-9/h5,9,11H,3-4,6H2,1-2H3/t9-,15-/m0/s1. The summed E-state index contributed by atoms with van der Waals surface area (Å²) in [5, 5.41) is 3.86.